The Bertz CT molecular complexity index is 236. The van der Waals surface area contributed by atoms with E-state index < -0.39 is 8.07 Å². The number of hydrogen-bond donors (Lipinski definition) is 1. The van der Waals surface area contributed by atoms with Crippen molar-refractivity contribution in [3.8, 4) is 0 Å². The molecule has 0 aliphatic heterocycles. The Kier molecular flexibility index (Phi) is 5.29. The minimum Gasteiger partial charge on any atom is -1.00 e. The van der Waals surface area contributed by atoms with Crippen LogP contribution in [-0.4, -0.2) is 14.6 Å². The van der Waals surface area contributed by atoms with Crippen LogP contribution in [0.25, 0.3) is 0 Å². The molecule has 0 saturated heterocycles. The molecule has 0 aliphatic rings. The van der Waals surface area contributed by atoms with Gasteiger partial charge < -0.3 is 18.1 Å². The third-order valence-electron chi connectivity index (χ3n) is 2.36. The highest BCUT2D eigenvalue weighted by atomic mass is 35.5. The van der Waals surface area contributed by atoms with Crippen molar-refractivity contribution in [3.63, 3.8) is 0 Å². The second kappa shape index (κ2) is 5.42. The lowest BCUT2D eigenvalue weighted by molar-refractivity contribution is -0.361. The van der Waals surface area contributed by atoms with E-state index in [2.05, 4.69) is 49.2 Å². The molecule has 1 rings (SSSR count). The molecule has 0 aliphatic carbocycles. The molecule has 0 amide bonds. The van der Waals surface area contributed by atoms with Crippen molar-refractivity contribution in [3.05, 3.63) is 30.3 Å². The van der Waals surface area contributed by atoms with Crippen molar-refractivity contribution in [1.82, 2.24) is 0 Å². The predicted octanol–water partition coefficient (Wildman–Crippen LogP) is -2.15. The molecule has 1 aromatic rings. The molecule has 0 heterocycles. The van der Waals surface area contributed by atoms with Crippen molar-refractivity contribution in [2.45, 2.75) is 19.1 Å². The van der Waals surface area contributed by atoms with Crippen LogP contribution >= 0.6 is 0 Å². The van der Waals surface area contributed by atoms with Crippen LogP contribution in [0.1, 0.15) is 0 Å². The normalized spacial score (nSPS) is 10.7. The average Bonchev–Trinajstić information content (AvgIpc) is 2.06. The van der Waals surface area contributed by atoms with Crippen LogP contribution in [0.5, 0.6) is 0 Å². The Labute approximate surface area is 87.8 Å². The van der Waals surface area contributed by atoms with Gasteiger partial charge in [-0.2, -0.15) is 0 Å². The van der Waals surface area contributed by atoms with Gasteiger partial charge in [0.2, 0.25) is 0 Å². The van der Waals surface area contributed by atoms with Crippen molar-refractivity contribution >= 4 is 13.3 Å². The highest BCUT2D eigenvalue weighted by Gasteiger charge is 2.22. The van der Waals surface area contributed by atoms with Gasteiger partial charge in [0.05, 0.1) is 14.6 Å². The zero-order valence-electron chi connectivity index (χ0n) is 8.39. The van der Waals surface area contributed by atoms with Gasteiger partial charge in [0.25, 0.3) is 0 Å². The molecule has 74 valence electrons. The van der Waals surface area contributed by atoms with Gasteiger partial charge in [-0.05, 0) is 6.04 Å². The minimum absolute atomic E-state index is 0. The van der Waals surface area contributed by atoms with E-state index in [1.54, 1.807) is 5.19 Å². The van der Waals surface area contributed by atoms with Gasteiger partial charge in [0.1, 0.15) is 0 Å². The fourth-order valence-electron chi connectivity index (χ4n) is 1.48. The lowest BCUT2D eigenvalue weighted by atomic mass is 10.4. The Morgan fingerprint density at radius 1 is 1.15 bits per heavy atom. The molecule has 0 bridgehead atoms. The van der Waals surface area contributed by atoms with Gasteiger partial charge in [0, 0.05) is 0 Å². The maximum absolute atomic E-state index is 3.93. The third-order valence-corrected chi connectivity index (χ3v) is 5.86. The fourth-order valence-corrected chi connectivity index (χ4v) is 3.74. The summed E-state index contributed by atoms with van der Waals surface area (Å²) in [5, 5.41) is 1.55. The SMILES string of the molecule is C[Si](C)(CC[NH3+])c1ccccc1.[Cl-]. The molecule has 0 saturated carbocycles. The zero-order chi connectivity index (χ0) is 9.03. The topological polar surface area (TPSA) is 27.6 Å². The van der Waals surface area contributed by atoms with Crippen molar-refractivity contribution in [1.29, 1.82) is 0 Å². The van der Waals surface area contributed by atoms with Crippen LogP contribution in [-0.2, 0) is 0 Å². The first-order valence-corrected chi connectivity index (χ1v) is 7.72. The van der Waals surface area contributed by atoms with E-state index in [9.17, 15) is 0 Å². The Morgan fingerprint density at radius 2 is 1.69 bits per heavy atom. The predicted molar refractivity (Wildman–Crippen MR) is 56.1 cm³/mol. The van der Waals surface area contributed by atoms with Crippen LogP contribution in [0.3, 0.4) is 0 Å². The summed E-state index contributed by atoms with van der Waals surface area (Å²) in [4.78, 5) is 0. The van der Waals surface area contributed by atoms with E-state index in [0.29, 0.717) is 0 Å². The molecule has 0 fully saturated rings. The summed E-state index contributed by atoms with van der Waals surface area (Å²) in [5.74, 6) is 0. The highest BCUT2D eigenvalue weighted by molar-refractivity contribution is 6.89. The monoisotopic (exact) mass is 215 g/mol. The Balaban J connectivity index is 0.00000144. The summed E-state index contributed by atoms with van der Waals surface area (Å²) in [6.45, 7) is 5.88. The molecule has 0 unspecified atom stereocenters. The Hall–Kier alpha value is -0.313. The number of rotatable bonds is 3. The lowest BCUT2D eigenvalue weighted by Gasteiger charge is -2.20. The minimum atomic E-state index is -1.14. The molecule has 3 heteroatoms. The molecular formula is C10H18ClNSi. The molecule has 3 N–H and O–H groups in total. The molecule has 1 nitrogen and oxygen atoms in total. The van der Waals surface area contributed by atoms with E-state index in [1.807, 2.05) is 0 Å². The van der Waals surface area contributed by atoms with Crippen LogP contribution in [0, 0.1) is 0 Å². The van der Waals surface area contributed by atoms with Gasteiger partial charge in [-0.1, -0.05) is 48.6 Å². The first-order chi connectivity index (χ1) is 5.67. The van der Waals surface area contributed by atoms with Gasteiger partial charge in [-0.15, -0.1) is 0 Å². The number of benzene rings is 1. The second-order valence-corrected chi connectivity index (χ2v) is 8.70. The summed E-state index contributed by atoms with van der Waals surface area (Å²) in [7, 11) is -1.14. The molecule has 0 spiro atoms. The third kappa shape index (κ3) is 3.51. The van der Waals surface area contributed by atoms with E-state index >= 15 is 0 Å². The lowest BCUT2D eigenvalue weighted by Crippen LogP contribution is -3.00. The quantitative estimate of drug-likeness (QED) is 0.557. The van der Waals surface area contributed by atoms with Crippen molar-refractivity contribution in [2.24, 2.45) is 0 Å². The fraction of sp³-hybridized carbons (Fsp3) is 0.400. The molecule has 1 aromatic carbocycles. The smallest absolute Gasteiger partial charge is 0.0863 e. The Morgan fingerprint density at radius 3 is 2.15 bits per heavy atom. The number of quaternary nitrogens is 1. The first-order valence-electron chi connectivity index (χ1n) is 4.51. The molecule has 0 atom stereocenters. The summed E-state index contributed by atoms with van der Waals surface area (Å²) in [6.07, 6.45) is 0. The van der Waals surface area contributed by atoms with Crippen LogP contribution < -0.4 is 23.3 Å². The number of halogens is 1. The van der Waals surface area contributed by atoms with Gasteiger partial charge in [-0.3, -0.25) is 0 Å². The maximum atomic E-state index is 3.93. The second-order valence-electron chi connectivity index (χ2n) is 3.85. The maximum Gasteiger partial charge on any atom is 0.0863 e. The zero-order valence-corrected chi connectivity index (χ0v) is 10.1. The summed E-state index contributed by atoms with van der Waals surface area (Å²) < 4.78 is 0. The van der Waals surface area contributed by atoms with Gasteiger partial charge in [0.15, 0.2) is 0 Å². The average molecular weight is 216 g/mol. The van der Waals surface area contributed by atoms with E-state index in [-0.39, 0.29) is 12.4 Å². The van der Waals surface area contributed by atoms with Crippen LogP contribution in [0.2, 0.25) is 19.1 Å². The summed E-state index contributed by atoms with van der Waals surface area (Å²) >= 11 is 0. The van der Waals surface area contributed by atoms with E-state index in [0.717, 1.165) is 6.54 Å². The largest absolute Gasteiger partial charge is 1.00 e. The molecule has 13 heavy (non-hydrogen) atoms. The van der Waals surface area contributed by atoms with Crippen LogP contribution in [0.4, 0.5) is 0 Å². The highest BCUT2D eigenvalue weighted by Crippen LogP contribution is 2.07. The molecule has 0 aromatic heterocycles. The first kappa shape index (κ1) is 12.7. The van der Waals surface area contributed by atoms with Gasteiger partial charge in [-0.25, -0.2) is 0 Å². The van der Waals surface area contributed by atoms with Crippen molar-refractivity contribution in [2.75, 3.05) is 6.54 Å². The van der Waals surface area contributed by atoms with E-state index in [1.165, 1.54) is 6.04 Å². The summed E-state index contributed by atoms with van der Waals surface area (Å²) in [5.41, 5.74) is 3.93. The van der Waals surface area contributed by atoms with E-state index in [4.69, 9.17) is 0 Å². The van der Waals surface area contributed by atoms with Crippen LogP contribution in [0.15, 0.2) is 30.3 Å². The summed E-state index contributed by atoms with van der Waals surface area (Å²) in [6, 6.07) is 12.1. The molecular weight excluding hydrogens is 198 g/mol. The standard InChI is InChI=1S/C10H17NSi.ClH/c1-12(2,9-8-11)10-6-4-3-5-7-10;/h3-7H,8-9,11H2,1-2H3;1H. The molecule has 0 radical (unpaired) electrons. The van der Waals surface area contributed by atoms with Gasteiger partial charge >= 0.3 is 0 Å². The van der Waals surface area contributed by atoms with Crippen molar-refractivity contribution < 1.29 is 18.1 Å². The number of hydrogen-bond acceptors (Lipinski definition) is 0.